The highest BCUT2D eigenvalue weighted by molar-refractivity contribution is 5.74. The predicted octanol–water partition coefficient (Wildman–Crippen LogP) is 2.84. The first-order chi connectivity index (χ1) is 7.90. The van der Waals surface area contributed by atoms with Crippen molar-refractivity contribution in [2.24, 2.45) is 5.92 Å². The van der Waals surface area contributed by atoms with Crippen LogP contribution >= 0.6 is 0 Å². The summed E-state index contributed by atoms with van der Waals surface area (Å²) in [5.41, 5.74) is 0. The predicted molar refractivity (Wildman–Crippen MR) is 69.9 cm³/mol. The highest BCUT2D eigenvalue weighted by Gasteiger charge is 2.34. The fourth-order valence-corrected chi connectivity index (χ4v) is 2.54. The van der Waals surface area contributed by atoms with E-state index in [0.29, 0.717) is 12.0 Å². The van der Waals surface area contributed by atoms with E-state index in [9.17, 15) is 4.79 Å². The van der Waals surface area contributed by atoms with Gasteiger partial charge in [-0.05, 0) is 39.0 Å². The third kappa shape index (κ3) is 4.66. The van der Waals surface area contributed by atoms with Crippen molar-refractivity contribution in [2.45, 2.75) is 72.1 Å². The minimum absolute atomic E-state index is 0.189. The molecule has 1 aliphatic rings. The summed E-state index contributed by atoms with van der Waals surface area (Å²) < 4.78 is 5.83. The molecule has 1 aliphatic heterocycles. The zero-order valence-electron chi connectivity index (χ0n) is 11.9. The Labute approximate surface area is 106 Å². The second-order valence-electron chi connectivity index (χ2n) is 5.84. The molecule has 0 aromatic rings. The molecule has 1 amide bonds. The number of amides is 1. The summed E-state index contributed by atoms with van der Waals surface area (Å²) in [5.74, 6) is 0.891. The Morgan fingerprint density at radius 3 is 2.47 bits per heavy atom. The van der Waals surface area contributed by atoms with Crippen LogP contribution in [0.15, 0.2) is 0 Å². The summed E-state index contributed by atoms with van der Waals surface area (Å²) in [6.45, 7) is 11.0. The van der Waals surface area contributed by atoms with Gasteiger partial charge in [-0.15, -0.1) is 0 Å². The zero-order valence-corrected chi connectivity index (χ0v) is 11.9. The van der Waals surface area contributed by atoms with Crippen molar-refractivity contribution < 1.29 is 9.53 Å². The Morgan fingerprint density at radius 2 is 2.00 bits per heavy atom. The summed E-state index contributed by atoms with van der Waals surface area (Å²) in [6.07, 6.45) is 3.77. The highest BCUT2D eigenvalue weighted by Crippen LogP contribution is 2.26. The molecule has 2 atom stereocenters. The third-order valence-electron chi connectivity index (χ3n) is 3.32. The van der Waals surface area contributed by atoms with Gasteiger partial charge in [-0.1, -0.05) is 13.8 Å². The Morgan fingerprint density at radius 1 is 1.35 bits per heavy atom. The van der Waals surface area contributed by atoms with Crippen LogP contribution in [0, 0.1) is 5.92 Å². The Kier molecular flexibility index (Phi) is 5.44. The van der Waals surface area contributed by atoms with Crippen LogP contribution in [0.5, 0.6) is 0 Å². The van der Waals surface area contributed by atoms with Crippen LogP contribution in [-0.2, 0) is 9.53 Å². The monoisotopic (exact) mass is 241 g/mol. The van der Waals surface area contributed by atoms with E-state index in [1.165, 1.54) is 6.42 Å². The van der Waals surface area contributed by atoms with Gasteiger partial charge in [0, 0.05) is 19.5 Å². The molecule has 1 heterocycles. The molecule has 0 radical (unpaired) electrons. The summed E-state index contributed by atoms with van der Waals surface area (Å²) in [7, 11) is 0. The van der Waals surface area contributed by atoms with Gasteiger partial charge in [-0.3, -0.25) is 4.79 Å². The fourth-order valence-electron chi connectivity index (χ4n) is 2.54. The van der Waals surface area contributed by atoms with Crippen molar-refractivity contribution in [1.82, 2.24) is 4.90 Å². The van der Waals surface area contributed by atoms with Crippen LogP contribution in [0.2, 0.25) is 0 Å². The summed E-state index contributed by atoms with van der Waals surface area (Å²) in [5, 5.41) is 0. The number of nitrogens with zero attached hydrogens (tertiary/aromatic N) is 1. The Bertz CT molecular complexity index is 251. The van der Waals surface area contributed by atoms with E-state index in [-0.39, 0.29) is 18.1 Å². The maximum absolute atomic E-state index is 11.6. The molecular weight excluding hydrogens is 214 g/mol. The molecule has 3 nitrogen and oxygen atoms in total. The van der Waals surface area contributed by atoms with Gasteiger partial charge in [0.2, 0.25) is 5.91 Å². The van der Waals surface area contributed by atoms with Crippen molar-refractivity contribution in [3.63, 3.8) is 0 Å². The van der Waals surface area contributed by atoms with E-state index < -0.39 is 0 Å². The standard InChI is InChI=1S/C14H27NO2/c1-10(2)6-7-13-8-14(17-11(3)4)9-15(13)12(5)16/h10-11,13-14H,6-9H2,1-5H3/t13-,14-/m1/s1. The lowest BCUT2D eigenvalue weighted by atomic mass is 10.0. The zero-order chi connectivity index (χ0) is 13.0. The summed E-state index contributed by atoms with van der Waals surface area (Å²) in [6, 6.07) is 0.388. The largest absolute Gasteiger partial charge is 0.374 e. The second kappa shape index (κ2) is 6.39. The average Bonchev–Trinajstić information content (AvgIpc) is 2.57. The van der Waals surface area contributed by atoms with Crippen molar-refractivity contribution in [2.75, 3.05) is 6.54 Å². The van der Waals surface area contributed by atoms with Crippen LogP contribution in [0.4, 0.5) is 0 Å². The van der Waals surface area contributed by atoms with Gasteiger partial charge in [0.25, 0.3) is 0 Å². The van der Waals surface area contributed by atoms with Crippen molar-refractivity contribution in [3.05, 3.63) is 0 Å². The van der Waals surface area contributed by atoms with Gasteiger partial charge >= 0.3 is 0 Å². The molecule has 0 N–H and O–H groups in total. The molecule has 1 saturated heterocycles. The normalized spacial score (nSPS) is 25.0. The topological polar surface area (TPSA) is 29.5 Å². The first kappa shape index (κ1) is 14.5. The van der Waals surface area contributed by atoms with E-state index in [2.05, 4.69) is 27.7 Å². The lowest BCUT2D eigenvalue weighted by Gasteiger charge is -2.23. The first-order valence-corrected chi connectivity index (χ1v) is 6.82. The molecule has 0 aromatic heterocycles. The number of rotatable bonds is 5. The molecule has 0 unspecified atom stereocenters. The van der Waals surface area contributed by atoms with Crippen LogP contribution in [0.3, 0.4) is 0 Å². The van der Waals surface area contributed by atoms with E-state index in [1.807, 2.05) is 4.90 Å². The molecule has 3 heteroatoms. The van der Waals surface area contributed by atoms with Gasteiger partial charge in [0.05, 0.1) is 12.2 Å². The van der Waals surface area contributed by atoms with Gasteiger partial charge in [0.15, 0.2) is 0 Å². The second-order valence-corrected chi connectivity index (χ2v) is 5.84. The molecule has 100 valence electrons. The highest BCUT2D eigenvalue weighted by atomic mass is 16.5. The minimum Gasteiger partial charge on any atom is -0.374 e. The van der Waals surface area contributed by atoms with E-state index in [0.717, 1.165) is 19.4 Å². The lowest BCUT2D eigenvalue weighted by Crippen LogP contribution is -2.34. The lowest BCUT2D eigenvalue weighted by molar-refractivity contribution is -0.130. The van der Waals surface area contributed by atoms with E-state index in [4.69, 9.17) is 4.74 Å². The maximum atomic E-state index is 11.6. The summed E-state index contributed by atoms with van der Waals surface area (Å²) in [4.78, 5) is 13.6. The van der Waals surface area contributed by atoms with E-state index in [1.54, 1.807) is 6.92 Å². The number of likely N-dealkylation sites (tertiary alicyclic amines) is 1. The molecular formula is C14H27NO2. The number of carbonyl (C=O) groups excluding carboxylic acids is 1. The molecule has 0 aliphatic carbocycles. The number of ether oxygens (including phenoxy) is 1. The van der Waals surface area contributed by atoms with Crippen molar-refractivity contribution in [3.8, 4) is 0 Å². The molecule has 1 fully saturated rings. The fraction of sp³-hybridized carbons (Fsp3) is 0.929. The van der Waals surface area contributed by atoms with Crippen LogP contribution < -0.4 is 0 Å². The number of hydrogen-bond acceptors (Lipinski definition) is 2. The first-order valence-electron chi connectivity index (χ1n) is 6.82. The molecule has 0 saturated carbocycles. The number of carbonyl (C=O) groups is 1. The Hall–Kier alpha value is -0.570. The van der Waals surface area contributed by atoms with Crippen LogP contribution in [-0.4, -0.2) is 35.6 Å². The average molecular weight is 241 g/mol. The van der Waals surface area contributed by atoms with Crippen LogP contribution in [0.25, 0.3) is 0 Å². The van der Waals surface area contributed by atoms with Gasteiger partial charge in [0.1, 0.15) is 0 Å². The molecule has 0 spiro atoms. The van der Waals surface area contributed by atoms with Crippen molar-refractivity contribution in [1.29, 1.82) is 0 Å². The molecule has 17 heavy (non-hydrogen) atoms. The summed E-state index contributed by atoms with van der Waals surface area (Å²) >= 11 is 0. The van der Waals surface area contributed by atoms with E-state index >= 15 is 0 Å². The maximum Gasteiger partial charge on any atom is 0.219 e. The minimum atomic E-state index is 0.189. The third-order valence-corrected chi connectivity index (χ3v) is 3.32. The molecule has 0 aromatic carbocycles. The Balaban J connectivity index is 2.51. The number of hydrogen-bond donors (Lipinski definition) is 0. The van der Waals surface area contributed by atoms with Gasteiger partial charge in [-0.25, -0.2) is 0 Å². The molecule has 0 bridgehead atoms. The quantitative estimate of drug-likeness (QED) is 0.740. The van der Waals surface area contributed by atoms with Crippen molar-refractivity contribution >= 4 is 5.91 Å². The van der Waals surface area contributed by atoms with Gasteiger partial charge < -0.3 is 9.64 Å². The smallest absolute Gasteiger partial charge is 0.219 e. The molecule has 1 rings (SSSR count). The van der Waals surface area contributed by atoms with Gasteiger partial charge in [-0.2, -0.15) is 0 Å². The SMILES string of the molecule is CC(=O)N1C[C@H](OC(C)C)C[C@H]1CCC(C)C. The van der Waals surface area contributed by atoms with Crippen LogP contribution in [0.1, 0.15) is 53.9 Å².